The molecule has 98 valence electrons. The summed E-state index contributed by atoms with van der Waals surface area (Å²) in [4.78, 5) is 10.9. The SMILES string of the molecule is CC(C)(CNC(=O)S)c1ccc2c(c1)OCCO2. The minimum atomic E-state index is -0.319. The van der Waals surface area contributed by atoms with Crippen molar-refractivity contribution in [2.24, 2.45) is 0 Å². The third-order valence-corrected chi connectivity index (χ3v) is 3.16. The van der Waals surface area contributed by atoms with E-state index in [1.165, 1.54) is 0 Å². The number of rotatable bonds is 3. The van der Waals surface area contributed by atoms with E-state index in [2.05, 4.69) is 31.8 Å². The van der Waals surface area contributed by atoms with Gasteiger partial charge in [0.2, 0.25) is 0 Å². The van der Waals surface area contributed by atoms with Crippen molar-refractivity contribution in [2.75, 3.05) is 19.8 Å². The van der Waals surface area contributed by atoms with Gasteiger partial charge in [0.25, 0.3) is 5.24 Å². The quantitative estimate of drug-likeness (QED) is 0.827. The third kappa shape index (κ3) is 2.90. The van der Waals surface area contributed by atoms with Crippen LogP contribution in [0.2, 0.25) is 0 Å². The average Bonchev–Trinajstić information content (AvgIpc) is 2.36. The third-order valence-electron chi connectivity index (χ3n) is 3.01. The van der Waals surface area contributed by atoms with Crippen LogP contribution in [0.15, 0.2) is 18.2 Å². The van der Waals surface area contributed by atoms with E-state index in [0.29, 0.717) is 19.8 Å². The highest BCUT2D eigenvalue weighted by molar-refractivity contribution is 7.96. The lowest BCUT2D eigenvalue weighted by atomic mass is 9.84. The second-order valence-corrected chi connectivity index (χ2v) is 5.31. The van der Waals surface area contributed by atoms with Gasteiger partial charge in [-0.3, -0.25) is 4.79 Å². The Morgan fingerprint density at radius 1 is 1.33 bits per heavy atom. The molecule has 1 aromatic carbocycles. The Kier molecular flexibility index (Phi) is 3.71. The second kappa shape index (κ2) is 5.10. The van der Waals surface area contributed by atoms with E-state index in [-0.39, 0.29) is 10.7 Å². The van der Waals surface area contributed by atoms with Crippen molar-refractivity contribution in [3.63, 3.8) is 0 Å². The molecule has 2 rings (SSSR count). The molecule has 5 heteroatoms. The highest BCUT2D eigenvalue weighted by Gasteiger charge is 2.23. The summed E-state index contributed by atoms with van der Waals surface area (Å²) in [6.07, 6.45) is 0. The summed E-state index contributed by atoms with van der Waals surface area (Å²) in [5.41, 5.74) is 0.905. The van der Waals surface area contributed by atoms with Crippen molar-refractivity contribution in [3.05, 3.63) is 23.8 Å². The molecular formula is C13H17NO3S. The van der Waals surface area contributed by atoms with E-state index >= 15 is 0 Å². The van der Waals surface area contributed by atoms with Crippen LogP contribution in [-0.2, 0) is 5.41 Å². The molecule has 0 bridgehead atoms. The van der Waals surface area contributed by atoms with Gasteiger partial charge in [-0.05, 0) is 17.7 Å². The van der Waals surface area contributed by atoms with Gasteiger partial charge in [-0.15, -0.1) is 0 Å². The number of nitrogens with one attached hydrogen (secondary N) is 1. The van der Waals surface area contributed by atoms with E-state index in [0.717, 1.165) is 17.1 Å². The molecule has 1 aromatic rings. The summed E-state index contributed by atoms with van der Waals surface area (Å²) in [5, 5.41) is 2.40. The number of hydrogen-bond donors (Lipinski definition) is 2. The first-order valence-corrected chi connectivity index (χ1v) is 6.31. The van der Waals surface area contributed by atoms with E-state index < -0.39 is 0 Å². The smallest absolute Gasteiger partial charge is 0.276 e. The fraction of sp³-hybridized carbons (Fsp3) is 0.462. The van der Waals surface area contributed by atoms with Gasteiger partial charge in [0.1, 0.15) is 13.2 Å². The Hall–Kier alpha value is -1.36. The Labute approximate surface area is 112 Å². The fourth-order valence-electron chi connectivity index (χ4n) is 1.86. The lowest BCUT2D eigenvalue weighted by molar-refractivity contribution is 0.171. The summed E-state index contributed by atoms with van der Waals surface area (Å²) >= 11 is 3.71. The molecule has 0 fully saturated rings. The van der Waals surface area contributed by atoms with Gasteiger partial charge in [-0.25, -0.2) is 0 Å². The summed E-state index contributed by atoms with van der Waals surface area (Å²) in [5.74, 6) is 1.54. The molecule has 0 radical (unpaired) electrons. The molecule has 0 saturated carbocycles. The van der Waals surface area contributed by atoms with Crippen LogP contribution in [0.3, 0.4) is 0 Å². The van der Waals surface area contributed by atoms with Crippen LogP contribution < -0.4 is 14.8 Å². The van der Waals surface area contributed by atoms with Gasteiger partial charge in [0, 0.05) is 12.0 Å². The van der Waals surface area contributed by atoms with Crippen molar-refractivity contribution in [3.8, 4) is 11.5 Å². The normalized spacial score (nSPS) is 14.2. The monoisotopic (exact) mass is 267 g/mol. The predicted octanol–water partition coefficient (Wildman–Crippen LogP) is 2.37. The zero-order valence-corrected chi connectivity index (χ0v) is 11.4. The lowest BCUT2D eigenvalue weighted by Gasteiger charge is -2.27. The number of ether oxygens (including phenoxy) is 2. The van der Waals surface area contributed by atoms with E-state index in [9.17, 15) is 4.79 Å². The molecule has 1 amide bonds. The number of carbonyl (C=O) groups is 1. The van der Waals surface area contributed by atoms with Gasteiger partial charge in [0.15, 0.2) is 11.5 Å². The van der Waals surface area contributed by atoms with Crippen LogP contribution in [0.1, 0.15) is 19.4 Å². The van der Waals surface area contributed by atoms with Crippen molar-refractivity contribution >= 4 is 17.9 Å². The Morgan fingerprint density at radius 2 is 2.00 bits per heavy atom. The summed E-state index contributed by atoms with van der Waals surface area (Å²) < 4.78 is 11.0. The minimum Gasteiger partial charge on any atom is -0.486 e. The molecule has 18 heavy (non-hydrogen) atoms. The molecular weight excluding hydrogens is 250 g/mol. The largest absolute Gasteiger partial charge is 0.486 e. The van der Waals surface area contributed by atoms with Crippen molar-refractivity contribution in [1.82, 2.24) is 5.32 Å². The number of hydrogen-bond acceptors (Lipinski definition) is 3. The maximum atomic E-state index is 10.9. The van der Waals surface area contributed by atoms with Crippen molar-refractivity contribution < 1.29 is 14.3 Å². The summed E-state index contributed by atoms with van der Waals surface area (Å²) in [7, 11) is 0. The molecule has 0 spiro atoms. The van der Waals surface area contributed by atoms with Crippen LogP contribution in [-0.4, -0.2) is 25.0 Å². The van der Waals surface area contributed by atoms with Crippen LogP contribution in [0.5, 0.6) is 11.5 Å². The van der Waals surface area contributed by atoms with Gasteiger partial charge < -0.3 is 14.8 Å². The summed E-state index contributed by atoms with van der Waals surface area (Å²) in [6.45, 7) is 5.80. The lowest BCUT2D eigenvalue weighted by Crippen LogP contribution is -2.34. The molecule has 0 atom stereocenters. The van der Waals surface area contributed by atoms with Gasteiger partial charge in [-0.1, -0.05) is 32.5 Å². The minimum absolute atomic E-state index is 0.186. The number of thiol groups is 1. The molecule has 1 heterocycles. The van der Waals surface area contributed by atoms with Gasteiger partial charge >= 0.3 is 0 Å². The molecule has 4 nitrogen and oxygen atoms in total. The zero-order chi connectivity index (χ0) is 13.2. The number of amides is 1. The fourth-order valence-corrected chi connectivity index (χ4v) is 1.94. The maximum Gasteiger partial charge on any atom is 0.276 e. The zero-order valence-electron chi connectivity index (χ0n) is 10.5. The Bertz CT molecular complexity index is 460. The molecule has 1 N–H and O–H groups in total. The van der Waals surface area contributed by atoms with Crippen LogP contribution >= 0.6 is 12.6 Å². The first kappa shape index (κ1) is 13.1. The number of benzene rings is 1. The molecule has 0 unspecified atom stereocenters. The van der Waals surface area contributed by atoms with Crippen LogP contribution in [0.4, 0.5) is 4.79 Å². The number of carbonyl (C=O) groups excluding carboxylic acids is 1. The second-order valence-electron chi connectivity index (χ2n) is 4.90. The van der Waals surface area contributed by atoms with Gasteiger partial charge in [-0.2, -0.15) is 0 Å². The number of fused-ring (bicyclic) bond motifs is 1. The molecule has 0 saturated heterocycles. The topological polar surface area (TPSA) is 47.6 Å². The van der Waals surface area contributed by atoms with Gasteiger partial charge in [0.05, 0.1) is 0 Å². The first-order valence-electron chi connectivity index (χ1n) is 5.86. The maximum absolute atomic E-state index is 10.9. The Balaban J connectivity index is 2.19. The average molecular weight is 267 g/mol. The van der Waals surface area contributed by atoms with Crippen LogP contribution in [0, 0.1) is 0 Å². The van der Waals surface area contributed by atoms with Crippen molar-refractivity contribution in [2.45, 2.75) is 19.3 Å². The highest BCUT2D eigenvalue weighted by atomic mass is 32.1. The van der Waals surface area contributed by atoms with E-state index in [4.69, 9.17) is 9.47 Å². The molecule has 0 aliphatic carbocycles. The Morgan fingerprint density at radius 3 is 2.67 bits per heavy atom. The predicted molar refractivity (Wildman–Crippen MR) is 72.8 cm³/mol. The molecule has 1 aliphatic rings. The first-order chi connectivity index (χ1) is 8.49. The standard InChI is InChI=1S/C13H17NO3S/c1-13(2,8-14-12(15)18)9-3-4-10-11(7-9)17-6-5-16-10/h3-4,7H,5-6,8H2,1-2H3,(H2,14,15,18). The van der Waals surface area contributed by atoms with Crippen molar-refractivity contribution in [1.29, 1.82) is 0 Å². The molecule has 0 aromatic heterocycles. The molecule has 1 aliphatic heterocycles. The van der Waals surface area contributed by atoms with E-state index in [1.54, 1.807) is 0 Å². The summed E-state index contributed by atoms with van der Waals surface area (Å²) in [6, 6.07) is 5.88. The highest BCUT2D eigenvalue weighted by Crippen LogP contribution is 2.34. The van der Waals surface area contributed by atoms with Crippen LogP contribution in [0.25, 0.3) is 0 Å². The van der Waals surface area contributed by atoms with E-state index in [1.807, 2.05) is 18.2 Å².